The van der Waals surface area contributed by atoms with Crippen LogP contribution in [-0.2, 0) is 14.4 Å². The Morgan fingerprint density at radius 3 is 1.21 bits per heavy atom. The molecule has 38 heavy (non-hydrogen) atoms. The van der Waals surface area contributed by atoms with Gasteiger partial charge in [0.25, 0.3) is 0 Å². The fourth-order valence-electron chi connectivity index (χ4n) is 3.85. The van der Waals surface area contributed by atoms with Crippen molar-refractivity contribution in [1.82, 2.24) is 0 Å². The molecule has 0 fully saturated rings. The van der Waals surface area contributed by atoms with Crippen LogP contribution in [0, 0.1) is 5.92 Å². The van der Waals surface area contributed by atoms with E-state index in [-0.39, 0.29) is 13.0 Å². The topological polar surface area (TPSA) is 152 Å². The van der Waals surface area contributed by atoms with Gasteiger partial charge in [-0.1, -0.05) is 117 Å². The molecule has 0 rings (SSSR count). The Bertz CT molecular complexity index is 498. The molecule has 0 saturated heterocycles. The second-order valence-electron chi connectivity index (χ2n) is 10.1. The van der Waals surface area contributed by atoms with Gasteiger partial charge in [-0.25, -0.2) is 0 Å². The lowest BCUT2D eigenvalue weighted by Crippen LogP contribution is -2.23. The van der Waals surface area contributed by atoms with Crippen molar-refractivity contribution >= 4 is 17.9 Å². The van der Waals surface area contributed by atoms with Crippen molar-refractivity contribution in [2.45, 2.75) is 162 Å². The van der Waals surface area contributed by atoms with Crippen LogP contribution in [0.4, 0.5) is 0 Å². The Morgan fingerprint density at radius 2 is 0.895 bits per heavy atom. The summed E-state index contributed by atoms with van der Waals surface area (Å²) < 4.78 is 0. The van der Waals surface area contributed by atoms with E-state index in [2.05, 4.69) is 20.8 Å². The fourth-order valence-corrected chi connectivity index (χ4v) is 3.85. The normalized spacial score (nSPS) is 11.9. The lowest BCUT2D eigenvalue weighted by molar-refractivity contribution is -0.143. The van der Waals surface area contributed by atoms with Gasteiger partial charge in [-0.3, -0.25) is 14.4 Å². The van der Waals surface area contributed by atoms with E-state index in [4.69, 9.17) is 20.4 Å². The average molecular weight is 549 g/mol. The highest BCUT2D eigenvalue weighted by atomic mass is 16.4. The third-order valence-corrected chi connectivity index (χ3v) is 6.26. The molecule has 2 atom stereocenters. The molecule has 0 aromatic heterocycles. The number of unbranched alkanes of at least 4 members (excludes halogenated alkanes) is 14. The minimum atomic E-state index is -0.906. The van der Waals surface area contributed by atoms with Crippen molar-refractivity contribution in [2.75, 3.05) is 6.61 Å². The van der Waals surface area contributed by atoms with Gasteiger partial charge in [0, 0.05) is 12.8 Å². The van der Waals surface area contributed by atoms with E-state index in [1.807, 2.05) is 0 Å². The molecule has 228 valence electrons. The predicted molar refractivity (Wildman–Crippen MR) is 153 cm³/mol. The lowest BCUT2D eigenvalue weighted by atomic mass is 9.95. The average Bonchev–Trinajstić information content (AvgIpc) is 2.87. The lowest BCUT2D eigenvalue weighted by Gasteiger charge is -2.14. The molecule has 0 aromatic rings. The van der Waals surface area contributed by atoms with E-state index in [1.54, 1.807) is 0 Å². The highest BCUT2D eigenvalue weighted by molar-refractivity contribution is 5.70. The predicted octanol–water partition coefficient (Wildman–Crippen LogP) is 7.43. The van der Waals surface area contributed by atoms with Gasteiger partial charge >= 0.3 is 17.9 Å². The molecule has 0 aliphatic carbocycles. The van der Waals surface area contributed by atoms with Crippen molar-refractivity contribution in [3.8, 4) is 0 Å². The van der Waals surface area contributed by atoms with Gasteiger partial charge in [-0.15, -0.1) is 0 Å². The van der Waals surface area contributed by atoms with Gasteiger partial charge < -0.3 is 25.5 Å². The number of carboxylic acids is 3. The Hall–Kier alpha value is -1.67. The van der Waals surface area contributed by atoms with Crippen molar-refractivity contribution in [2.24, 2.45) is 5.92 Å². The summed E-state index contributed by atoms with van der Waals surface area (Å²) in [5.41, 5.74) is 0. The number of hydrogen-bond acceptors (Lipinski definition) is 5. The maximum absolute atomic E-state index is 10.9. The molecular formula is C30H60O8. The molecule has 2 unspecified atom stereocenters. The third kappa shape index (κ3) is 38.9. The SMILES string of the molecule is CCCCCCCC(CC(O)CO)C(=O)O.CCCCCCCCC(=O)O.CCCCCCCCC(=O)O. The molecule has 0 saturated carbocycles. The summed E-state index contributed by atoms with van der Waals surface area (Å²) in [7, 11) is 0. The van der Waals surface area contributed by atoms with Crippen LogP contribution in [0.3, 0.4) is 0 Å². The second kappa shape index (κ2) is 33.4. The van der Waals surface area contributed by atoms with E-state index in [9.17, 15) is 19.5 Å². The first kappa shape index (κ1) is 40.8. The fraction of sp³-hybridized carbons (Fsp3) is 0.900. The number of aliphatic hydroxyl groups is 2. The molecule has 8 nitrogen and oxygen atoms in total. The van der Waals surface area contributed by atoms with Crippen LogP contribution in [0.2, 0.25) is 0 Å². The van der Waals surface area contributed by atoms with Crippen LogP contribution in [0.1, 0.15) is 156 Å². The number of carbonyl (C=O) groups is 3. The van der Waals surface area contributed by atoms with Crippen LogP contribution in [-0.4, -0.2) is 56.2 Å². The summed E-state index contributed by atoms with van der Waals surface area (Å²) in [5, 5.41) is 43.4. The van der Waals surface area contributed by atoms with Gasteiger partial charge in [0.1, 0.15) is 0 Å². The number of aliphatic hydroxyl groups excluding tert-OH is 2. The molecule has 0 heterocycles. The van der Waals surface area contributed by atoms with E-state index < -0.39 is 29.9 Å². The molecule has 0 spiro atoms. The van der Waals surface area contributed by atoms with Crippen molar-refractivity contribution in [3.05, 3.63) is 0 Å². The summed E-state index contributed by atoms with van der Waals surface area (Å²) in [6.07, 6.45) is 19.8. The summed E-state index contributed by atoms with van der Waals surface area (Å²) >= 11 is 0. The van der Waals surface area contributed by atoms with Gasteiger partial charge in [0.2, 0.25) is 0 Å². The van der Waals surface area contributed by atoms with Crippen LogP contribution in [0.15, 0.2) is 0 Å². The zero-order chi connectivity index (χ0) is 29.4. The molecular weight excluding hydrogens is 488 g/mol. The van der Waals surface area contributed by atoms with E-state index in [1.165, 1.54) is 64.2 Å². The molecule has 5 N–H and O–H groups in total. The molecule has 8 heteroatoms. The quantitative estimate of drug-likeness (QED) is 0.0780. The van der Waals surface area contributed by atoms with Crippen LogP contribution < -0.4 is 0 Å². The maximum Gasteiger partial charge on any atom is 0.306 e. The first-order chi connectivity index (χ1) is 18.2. The highest BCUT2D eigenvalue weighted by Gasteiger charge is 2.20. The minimum absolute atomic E-state index is 0.152. The Labute approximate surface area is 232 Å². The highest BCUT2D eigenvalue weighted by Crippen LogP contribution is 2.17. The summed E-state index contributed by atoms with van der Waals surface area (Å²) in [4.78, 5) is 31.1. The van der Waals surface area contributed by atoms with Crippen LogP contribution >= 0.6 is 0 Å². The monoisotopic (exact) mass is 548 g/mol. The van der Waals surface area contributed by atoms with Gasteiger partial charge in [-0.05, 0) is 25.7 Å². The van der Waals surface area contributed by atoms with Gasteiger partial charge in [0.05, 0.1) is 18.6 Å². The maximum atomic E-state index is 10.9. The Kier molecular flexibility index (Phi) is 35.8. The molecule has 0 amide bonds. The third-order valence-electron chi connectivity index (χ3n) is 6.26. The zero-order valence-electron chi connectivity index (χ0n) is 24.7. The smallest absolute Gasteiger partial charge is 0.306 e. The molecule has 0 radical (unpaired) electrons. The molecule has 0 aromatic carbocycles. The largest absolute Gasteiger partial charge is 0.481 e. The Morgan fingerprint density at radius 1 is 0.553 bits per heavy atom. The minimum Gasteiger partial charge on any atom is -0.481 e. The Balaban J connectivity index is -0.000000498. The first-order valence-corrected chi connectivity index (χ1v) is 15.1. The standard InChI is InChI=1S/C12H24O4.2C9H18O2/c1-2-3-4-5-6-7-10(12(15)16)8-11(14)9-13;2*1-2-3-4-5-6-7-8-9(10)11/h10-11,13-14H,2-9H2,1H3,(H,15,16);2*2-8H2,1H3,(H,10,11). The summed E-state index contributed by atoms with van der Waals surface area (Å²) in [6, 6.07) is 0. The molecule has 0 aliphatic rings. The van der Waals surface area contributed by atoms with Crippen LogP contribution in [0.5, 0.6) is 0 Å². The first-order valence-electron chi connectivity index (χ1n) is 15.1. The molecule has 0 bridgehead atoms. The van der Waals surface area contributed by atoms with Gasteiger partial charge in [-0.2, -0.15) is 0 Å². The number of carboxylic acid groups (broad SMARTS) is 3. The van der Waals surface area contributed by atoms with Crippen molar-refractivity contribution in [1.29, 1.82) is 0 Å². The zero-order valence-corrected chi connectivity index (χ0v) is 24.7. The molecule has 0 aliphatic heterocycles. The van der Waals surface area contributed by atoms with E-state index in [0.717, 1.165) is 44.9 Å². The summed E-state index contributed by atoms with van der Waals surface area (Å²) in [5.74, 6) is -2.73. The van der Waals surface area contributed by atoms with E-state index in [0.29, 0.717) is 19.3 Å². The van der Waals surface area contributed by atoms with Crippen molar-refractivity contribution < 1.29 is 39.9 Å². The van der Waals surface area contributed by atoms with E-state index >= 15 is 0 Å². The number of rotatable bonds is 24. The number of aliphatic carboxylic acids is 3. The summed E-state index contributed by atoms with van der Waals surface area (Å²) in [6.45, 7) is 6.13. The number of hydrogen-bond donors (Lipinski definition) is 5. The van der Waals surface area contributed by atoms with Gasteiger partial charge in [0.15, 0.2) is 0 Å². The van der Waals surface area contributed by atoms with Crippen molar-refractivity contribution in [3.63, 3.8) is 0 Å². The second-order valence-corrected chi connectivity index (χ2v) is 10.1. The van der Waals surface area contributed by atoms with Crippen LogP contribution in [0.25, 0.3) is 0 Å².